The average Bonchev–Trinajstić information content (AvgIpc) is 2.74. The van der Waals surface area contributed by atoms with Crippen molar-refractivity contribution in [3.05, 3.63) is 95.1 Å². The monoisotopic (exact) mass is 371 g/mol. The van der Waals surface area contributed by atoms with E-state index in [4.69, 9.17) is 4.98 Å². The van der Waals surface area contributed by atoms with Crippen molar-refractivity contribution < 1.29 is 4.79 Å². The van der Waals surface area contributed by atoms with E-state index in [-0.39, 0.29) is 11.8 Å². The lowest BCUT2D eigenvalue weighted by Crippen LogP contribution is -2.39. The number of nitrogens with zero attached hydrogens (tertiary/aromatic N) is 3. The number of amides is 1. The molecule has 0 spiro atoms. The molecular formula is C24H25N3O. The van der Waals surface area contributed by atoms with Crippen molar-refractivity contribution in [2.45, 2.75) is 32.1 Å². The van der Waals surface area contributed by atoms with Crippen LogP contribution in [0.4, 0.5) is 0 Å². The Morgan fingerprint density at radius 2 is 1.89 bits per heavy atom. The zero-order valence-corrected chi connectivity index (χ0v) is 16.2. The molecule has 1 aliphatic rings. The van der Waals surface area contributed by atoms with E-state index in [1.165, 1.54) is 11.1 Å². The standard InChI is InChI=1S/C24H25N3O/c1-18-14-20(15-19-8-3-2-4-9-19)16-23(26-18)21-10-7-13-27(17-21)24(28)22-11-5-6-12-25-22/h2-6,8-9,11-12,14,16,21H,7,10,13,15,17H2,1H3/t21-/m0/s1. The molecule has 4 nitrogen and oxygen atoms in total. The maximum atomic E-state index is 12.8. The van der Waals surface area contributed by atoms with Crippen LogP contribution in [0.15, 0.2) is 66.9 Å². The van der Waals surface area contributed by atoms with Crippen LogP contribution in [0, 0.1) is 6.92 Å². The summed E-state index contributed by atoms with van der Waals surface area (Å²) in [6.45, 7) is 3.54. The number of aromatic nitrogens is 2. The van der Waals surface area contributed by atoms with Crippen LogP contribution >= 0.6 is 0 Å². The van der Waals surface area contributed by atoms with E-state index in [2.05, 4.69) is 48.3 Å². The van der Waals surface area contributed by atoms with Gasteiger partial charge < -0.3 is 4.90 Å². The molecule has 1 amide bonds. The maximum Gasteiger partial charge on any atom is 0.272 e. The van der Waals surface area contributed by atoms with Gasteiger partial charge >= 0.3 is 0 Å². The van der Waals surface area contributed by atoms with Gasteiger partial charge in [0, 0.05) is 36.6 Å². The van der Waals surface area contributed by atoms with Gasteiger partial charge in [-0.05, 0) is 61.6 Å². The Morgan fingerprint density at radius 3 is 2.68 bits per heavy atom. The minimum absolute atomic E-state index is 0.0162. The third-order valence-corrected chi connectivity index (χ3v) is 5.29. The molecule has 0 aliphatic carbocycles. The van der Waals surface area contributed by atoms with Crippen molar-refractivity contribution in [1.82, 2.24) is 14.9 Å². The van der Waals surface area contributed by atoms with Gasteiger partial charge in [0.15, 0.2) is 0 Å². The molecule has 1 aliphatic heterocycles. The summed E-state index contributed by atoms with van der Waals surface area (Å²) < 4.78 is 0. The minimum atomic E-state index is 0.0162. The summed E-state index contributed by atoms with van der Waals surface area (Å²) in [6, 6.07) is 20.4. The van der Waals surface area contributed by atoms with Crippen LogP contribution in [-0.2, 0) is 6.42 Å². The number of carbonyl (C=O) groups excluding carboxylic acids is 1. The third-order valence-electron chi connectivity index (χ3n) is 5.29. The molecule has 0 unspecified atom stereocenters. The second-order valence-corrected chi connectivity index (χ2v) is 7.51. The van der Waals surface area contributed by atoms with E-state index in [1.807, 2.05) is 23.1 Å². The van der Waals surface area contributed by atoms with E-state index < -0.39 is 0 Å². The first-order chi connectivity index (χ1) is 13.7. The predicted molar refractivity (Wildman–Crippen MR) is 110 cm³/mol. The normalized spacial score (nSPS) is 16.8. The number of aryl methyl sites for hydroxylation is 1. The van der Waals surface area contributed by atoms with Crippen molar-refractivity contribution in [3.63, 3.8) is 0 Å². The number of carbonyl (C=O) groups is 1. The summed E-state index contributed by atoms with van der Waals surface area (Å²) in [7, 11) is 0. The summed E-state index contributed by atoms with van der Waals surface area (Å²) in [5.41, 5.74) is 5.24. The topological polar surface area (TPSA) is 46.1 Å². The minimum Gasteiger partial charge on any atom is -0.337 e. The fourth-order valence-corrected chi connectivity index (χ4v) is 3.97. The van der Waals surface area contributed by atoms with Gasteiger partial charge in [0.25, 0.3) is 5.91 Å². The van der Waals surface area contributed by atoms with Crippen LogP contribution in [0.25, 0.3) is 0 Å². The molecule has 28 heavy (non-hydrogen) atoms. The lowest BCUT2D eigenvalue weighted by Gasteiger charge is -2.32. The number of likely N-dealkylation sites (tertiary alicyclic amines) is 1. The highest BCUT2D eigenvalue weighted by Gasteiger charge is 2.27. The lowest BCUT2D eigenvalue weighted by molar-refractivity contribution is 0.0700. The van der Waals surface area contributed by atoms with Crippen LogP contribution in [0.1, 0.15) is 51.8 Å². The van der Waals surface area contributed by atoms with Crippen LogP contribution in [0.5, 0.6) is 0 Å². The SMILES string of the molecule is Cc1cc(Cc2ccccc2)cc([C@H]2CCCN(C(=O)c3ccccn3)C2)n1. The molecule has 1 fully saturated rings. The zero-order chi connectivity index (χ0) is 19.3. The van der Waals surface area contributed by atoms with Gasteiger partial charge in [-0.15, -0.1) is 0 Å². The number of hydrogen-bond acceptors (Lipinski definition) is 3. The zero-order valence-electron chi connectivity index (χ0n) is 16.2. The van der Waals surface area contributed by atoms with E-state index >= 15 is 0 Å². The van der Waals surface area contributed by atoms with Crippen LogP contribution in [-0.4, -0.2) is 33.9 Å². The Morgan fingerprint density at radius 1 is 1.07 bits per heavy atom. The molecule has 3 aromatic rings. The van der Waals surface area contributed by atoms with Gasteiger partial charge in [-0.2, -0.15) is 0 Å². The highest BCUT2D eigenvalue weighted by Crippen LogP contribution is 2.28. The second-order valence-electron chi connectivity index (χ2n) is 7.51. The molecule has 0 bridgehead atoms. The van der Waals surface area contributed by atoms with Gasteiger partial charge in [-0.3, -0.25) is 14.8 Å². The summed E-state index contributed by atoms with van der Waals surface area (Å²) in [4.78, 5) is 23.8. The summed E-state index contributed by atoms with van der Waals surface area (Å²) in [5, 5.41) is 0. The third kappa shape index (κ3) is 4.28. The van der Waals surface area contributed by atoms with Gasteiger partial charge in [-0.1, -0.05) is 36.4 Å². The molecule has 142 valence electrons. The van der Waals surface area contributed by atoms with E-state index in [0.29, 0.717) is 12.2 Å². The number of pyridine rings is 2. The molecule has 1 atom stereocenters. The predicted octanol–water partition coefficient (Wildman–Crippen LogP) is 4.40. The van der Waals surface area contributed by atoms with Gasteiger partial charge in [0.05, 0.1) is 0 Å². The fraction of sp³-hybridized carbons (Fsp3) is 0.292. The molecule has 0 saturated carbocycles. The summed E-state index contributed by atoms with van der Waals surface area (Å²) in [5.74, 6) is 0.290. The molecular weight excluding hydrogens is 346 g/mol. The number of piperidine rings is 1. The smallest absolute Gasteiger partial charge is 0.272 e. The lowest BCUT2D eigenvalue weighted by atomic mass is 9.92. The first kappa shape index (κ1) is 18.4. The molecule has 0 N–H and O–H groups in total. The van der Waals surface area contributed by atoms with Crippen molar-refractivity contribution >= 4 is 5.91 Å². The first-order valence-electron chi connectivity index (χ1n) is 9.91. The van der Waals surface area contributed by atoms with Crippen molar-refractivity contribution in [1.29, 1.82) is 0 Å². The maximum absolute atomic E-state index is 12.8. The molecule has 2 aromatic heterocycles. The Labute approximate surface area is 166 Å². The summed E-state index contributed by atoms with van der Waals surface area (Å²) in [6.07, 6.45) is 4.63. The molecule has 0 radical (unpaired) electrons. The van der Waals surface area contributed by atoms with Crippen molar-refractivity contribution in [2.75, 3.05) is 13.1 Å². The second kappa shape index (κ2) is 8.34. The van der Waals surface area contributed by atoms with Crippen LogP contribution in [0.2, 0.25) is 0 Å². The summed E-state index contributed by atoms with van der Waals surface area (Å²) >= 11 is 0. The first-order valence-corrected chi connectivity index (χ1v) is 9.91. The Kier molecular flexibility index (Phi) is 5.47. The molecule has 3 heterocycles. The van der Waals surface area contributed by atoms with Gasteiger partial charge in [0.2, 0.25) is 0 Å². The largest absolute Gasteiger partial charge is 0.337 e. The Balaban J connectivity index is 1.52. The average molecular weight is 371 g/mol. The molecule has 4 heteroatoms. The van der Waals surface area contributed by atoms with Gasteiger partial charge in [0.1, 0.15) is 5.69 Å². The van der Waals surface area contributed by atoms with E-state index in [1.54, 1.807) is 12.3 Å². The fourth-order valence-electron chi connectivity index (χ4n) is 3.97. The molecule has 1 saturated heterocycles. The van der Waals surface area contributed by atoms with Crippen molar-refractivity contribution in [2.24, 2.45) is 0 Å². The highest BCUT2D eigenvalue weighted by molar-refractivity contribution is 5.92. The van der Waals surface area contributed by atoms with Gasteiger partial charge in [-0.25, -0.2) is 0 Å². The number of rotatable bonds is 4. The number of benzene rings is 1. The molecule has 1 aromatic carbocycles. The van der Waals surface area contributed by atoms with Crippen LogP contribution in [0.3, 0.4) is 0 Å². The molecule has 4 rings (SSSR count). The number of hydrogen-bond donors (Lipinski definition) is 0. The highest BCUT2D eigenvalue weighted by atomic mass is 16.2. The Bertz CT molecular complexity index is 941. The van der Waals surface area contributed by atoms with E-state index in [9.17, 15) is 4.79 Å². The Hall–Kier alpha value is -3.01. The van der Waals surface area contributed by atoms with Crippen LogP contribution < -0.4 is 0 Å². The van der Waals surface area contributed by atoms with E-state index in [0.717, 1.165) is 37.2 Å². The van der Waals surface area contributed by atoms with Crippen molar-refractivity contribution in [3.8, 4) is 0 Å². The quantitative estimate of drug-likeness (QED) is 0.683.